The molecule has 2 N–H and O–H groups in total. The zero-order valence-corrected chi connectivity index (χ0v) is 12.5. The number of anilines is 3. The molecular formula is C13H23N7O. The molecule has 8 heteroatoms. The summed E-state index contributed by atoms with van der Waals surface area (Å²) in [6.07, 6.45) is 0. The van der Waals surface area contributed by atoms with Crippen LogP contribution in [0.5, 0.6) is 0 Å². The fourth-order valence-corrected chi connectivity index (χ4v) is 2.50. The standard InChI is InChI=1S/C13H23N7O/c1-2-15-11-16-12(19-5-3-14-4-6-19)18-13(17-11)20-7-9-21-10-8-20/h14H,2-10H2,1H3,(H,15,16,17,18). The van der Waals surface area contributed by atoms with Crippen molar-refractivity contribution in [3.8, 4) is 0 Å². The number of rotatable bonds is 4. The molecule has 3 heterocycles. The Bertz CT molecular complexity index is 422. The van der Waals surface area contributed by atoms with Gasteiger partial charge < -0.3 is 25.2 Å². The minimum absolute atomic E-state index is 0.655. The quantitative estimate of drug-likeness (QED) is 0.773. The highest BCUT2D eigenvalue weighted by atomic mass is 16.5. The van der Waals surface area contributed by atoms with Gasteiger partial charge in [0.05, 0.1) is 13.2 Å². The fraction of sp³-hybridized carbons (Fsp3) is 0.769. The summed E-state index contributed by atoms with van der Waals surface area (Å²) in [6, 6.07) is 0. The van der Waals surface area contributed by atoms with E-state index >= 15 is 0 Å². The monoisotopic (exact) mass is 293 g/mol. The van der Waals surface area contributed by atoms with E-state index in [1.54, 1.807) is 0 Å². The molecule has 21 heavy (non-hydrogen) atoms. The van der Waals surface area contributed by atoms with Crippen molar-refractivity contribution in [1.29, 1.82) is 0 Å². The van der Waals surface area contributed by atoms with Gasteiger partial charge in [0.25, 0.3) is 0 Å². The van der Waals surface area contributed by atoms with Gasteiger partial charge in [0.15, 0.2) is 0 Å². The van der Waals surface area contributed by atoms with Crippen molar-refractivity contribution >= 4 is 17.8 Å². The highest BCUT2D eigenvalue weighted by Crippen LogP contribution is 2.18. The third-order valence-corrected chi connectivity index (χ3v) is 3.64. The van der Waals surface area contributed by atoms with E-state index in [4.69, 9.17) is 4.74 Å². The van der Waals surface area contributed by atoms with Gasteiger partial charge in [-0.1, -0.05) is 0 Å². The van der Waals surface area contributed by atoms with Gasteiger partial charge in [-0.05, 0) is 6.92 Å². The second-order valence-corrected chi connectivity index (χ2v) is 5.13. The molecule has 0 spiro atoms. The molecular weight excluding hydrogens is 270 g/mol. The maximum absolute atomic E-state index is 5.40. The lowest BCUT2D eigenvalue weighted by Gasteiger charge is -2.30. The largest absolute Gasteiger partial charge is 0.378 e. The van der Waals surface area contributed by atoms with Crippen molar-refractivity contribution in [2.45, 2.75) is 6.92 Å². The first-order valence-corrected chi connectivity index (χ1v) is 7.65. The van der Waals surface area contributed by atoms with Crippen LogP contribution in [0.25, 0.3) is 0 Å². The molecule has 0 bridgehead atoms. The zero-order valence-electron chi connectivity index (χ0n) is 12.5. The number of nitrogens with zero attached hydrogens (tertiary/aromatic N) is 5. The van der Waals surface area contributed by atoms with Crippen LogP contribution in [-0.4, -0.2) is 74.0 Å². The number of hydrogen-bond acceptors (Lipinski definition) is 8. The molecule has 2 aliphatic heterocycles. The molecule has 0 radical (unpaired) electrons. The van der Waals surface area contributed by atoms with Crippen LogP contribution in [0.1, 0.15) is 6.92 Å². The van der Waals surface area contributed by atoms with E-state index in [9.17, 15) is 0 Å². The van der Waals surface area contributed by atoms with Crippen molar-refractivity contribution in [2.24, 2.45) is 0 Å². The van der Waals surface area contributed by atoms with Gasteiger partial charge >= 0.3 is 0 Å². The Morgan fingerprint density at radius 1 is 1.00 bits per heavy atom. The first-order chi connectivity index (χ1) is 10.4. The minimum atomic E-state index is 0.655. The van der Waals surface area contributed by atoms with E-state index in [2.05, 4.69) is 35.4 Å². The van der Waals surface area contributed by atoms with Crippen LogP contribution < -0.4 is 20.4 Å². The molecule has 2 fully saturated rings. The predicted molar refractivity (Wildman–Crippen MR) is 82.1 cm³/mol. The van der Waals surface area contributed by atoms with Crippen LogP contribution in [0.2, 0.25) is 0 Å². The molecule has 2 aliphatic rings. The number of morpholine rings is 1. The van der Waals surface area contributed by atoms with Crippen molar-refractivity contribution in [3.05, 3.63) is 0 Å². The molecule has 116 valence electrons. The molecule has 0 saturated carbocycles. The Hall–Kier alpha value is -1.67. The molecule has 1 aromatic heterocycles. The van der Waals surface area contributed by atoms with Crippen LogP contribution in [0.15, 0.2) is 0 Å². The number of hydrogen-bond donors (Lipinski definition) is 2. The average molecular weight is 293 g/mol. The molecule has 0 unspecified atom stereocenters. The number of nitrogens with one attached hydrogen (secondary N) is 2. The molecule has 0 atom stereocenters. The fourth-order valence-electron chi connectivity index (χ4n) is 2.50. The van der Waals surface area contributed by atoms with Crippen LogP contribution in [0.3, 0.4) is 0 Å². The number of aromatic nitrogens is 3. The van der Waals surface area contributed by atoms with E-state index in [1.807, 2.05) is 6.92 Å². The summed E-state index contributed by atoms with van der Waals surface area (Å²) in [7, 11) is 0. The second-order valence-electron chi connectivity index (χ2n) is 5.13. The van der Waals surface area contributed by atoms with E-state index < -0.39 is 0 Å². The van der Waals surface area contributed by atoms with E-state index in [0.29, 0.717) is 5.95 Å². The molecule has 0 amide bonds. The van der Waals surface area contributed by atoms with E-state index in [-0.39, 0.29) is 0 Å². The zero-order chi connectivity index (χ0) is 14.5. The second kappa shape index (κ2) is 6.86. The van der Waals surface area contributed by atoms with Crippen molar-refractivity contribution < 1.29 is 4.74 Å². The van der Waals surface area contributed by atoms with Crippen LogP contribution in [0, 0.1) is 0 Å². The Balaban J connectivity index is 1.85. The summed E-state index contributed by atoms with van der Waals surface area (Å²) >= 11 is 0. The maximum Gasteiger partial charge on any atom is 0.232 e. The highest BCUT2D eigenvalue weighted by molar-refractivity contribution is 5.45. The summed E-state index contributed by atoms with van der Waals surface area (Å²) in [4.78, 5) is 18.1. The summed E-state index contributed by atoms with van der Waals surface area (Å²) in [5.41, 5.74) is 0. The van der Waals surface area contributed by atoms with Crippen LogP contribution >= 0.6 is 0 Å². The third kappa shape index (κ3) is 3.51. The number of piperazine rings is 1. The highest BCUT2D eigenvalue weighted by Gasteiger charge is 2.20. The molecule has 8 nitrogen and oxygen atoms in total. The van der Waals surface area contributed by atoms with Gasteiger partial charge in [0.2, 0.25) is 17.8 Å². The number of ether oxygens (including phenoxy) is 1. The first kappa shape index (κ1) is 14.3. The van der Waals surface area contributed by atoms with Crippen molar-refractivity contribution in [3.63, 3.8) is 0 Å². The molecule has 2 saturated heterocycles. The molecule has 0 aromatic carbocycles. The summed E-state index contributed by atoms with van der Waals surface area (Å²) in [6.45, 7) is 9.75. The molecule has 3 rings (SSSR count). The van der Waals surface area contributed by atoms with Crippen LogP contribution in [-0.2, 0) is 4.74 Å². The first-order valence-electron chi connectivity index (χ1n) is 7.65. The Morgan fingerprint density at radius 2 is 1.62 bits per heavy atom. The lowest BCUT2D eigenvalue weighted by Crippen LogP contribution is -2.44. The Labute approximate surface area is 124 Å². The van der Waals surface area contributed by atoms with Crippen molar-refractivity contribution in [2.75, 3.05) is 74.1 Å². The van der Waals surface area contributed by atoms with Crippen LogP contribution in [0.4, 0.5) is 17.8 Å². The van der Waals surface area contributed by atoms with Gasteiger partial charge in [-0.25, -0.2) is 0 Å². The molecule has 0 aliphatic carbocycles. The topological polar surface area (TPSA) is 78.4 Å². The normalized spacial score (nSPS) is 19.7. The maximum atomic E-state index is 5.40. The summed E-state index contributed by atoms with van der Waals surface area (Å²) < 4.78 is 5.40. The van der Waals surface area contributed by atoms with Gasteiger partial charge in [-0.15, -0.1) is 0 Å². The molecule has 1 aromatic rings. The Kier molecular flexibility index (Phi) is 4.66. The minimum Gasteiger partial charge on any atom is -0.378 e. The smallest absolute Gasteiger partial charge is 0.232 e. The lowest BCUT2D eigenvalue weighted by molar-refractivity contribution is 0.122. The van der Waals surface area contributed by atoms with Gasteiger partial charge in [0.1, 0.15) is 0 Å². The Morgan fingerprint density at radius 3 is 2.24 bits per heavy atom. The van der Waals surface area contributed by atoms with Gasteiger partial charge in [-0.2, -0.15) is 15.0 Å². The van der Waals surface area contributed by atoms with Crippen molar-refractivity contribution in [1.82, 2.24) is 20.3 Å². The third-order valence-electron chi connectivity index (χ3n) is 3.64. The van der Waals surface area contributed by atoms with E-state index in [0.717, 1.165) is 70.9 Å². The summed E-state index contributed by atoms with van der Waals surface area (Å²) in [5, 5.41) is 6.55. The predicted octanol–water partition coefficient (Wildman–Crippen LogP) is -0.450. The van der Waals surface area contributed by atoms with Gasteiger partial charge in [0, 0.05) is 45.8 Å². The lowest BCUT2D eigenvalue weighted by atomic mass is 10.4. The van der Waals surface area contributed by atoms with Gasteiger partial charge in [-0.3, -0.25) is 0 Å². The average Bonchev–Trinajstić information content (AvgIpc) is 2.56. The van der Waals surface area contributed by atoms with E-state index in [1.165, 1.54) is 0 Å². The summed E-state index contributed by atoms with van der Waals surface area (Å²) in [5.74, 6) is 2.17. The SMILES string of the molecule is CCNc1nc(N2CCNCC2)nc(N2CCOCC2)n1.